The van der Waals surface area contributed by atoms with Crippen molar-refractivity contribution < 1.29 is 0 Å². The molecule has 1 saturated heterocycles. The summed E-state index contributed by atoms with van der Waals surface area (Å²) in [5.74, 6) is 1.37. The smallest absolute Gasteiger partial charge is 0.106 e. The molecule has 0 aromatic carbocycles. The normalized spacial score (nSPS) is 21.5. The number of piperazine rings is 1. The van der Waals surface area contributed by atoms with Crippen LogP contribution in [0.2, 0.25) is 0 Å². The third kappa shape index (κ3) is 3.78. The van der Waals surface area contributed by atoms with Crippen LogP contribution in [-0.2, 0) is 11.8 Å². The molecular formula is C9H21N2S+. The second kappa shape index (κ2) is 5.84. The summed E-state index contributed by atoms with van der Waals surface area (Å²) < 4.78 is 0. The fraction of sp³-hybridized carbons (Fsp3) is 1.00. The van der Waals surface area contributed by atoms with Crippen LogP contribution in [0, 0.1) is 0 Å². The number of hydrogen-bond donors (Lipinski definition) is 0. The Balaban J connectivity index is 2.01. The average Bonchev–Trinajstić information content (AvgIpc) is 2.09. The van der Waals surface area contributed by atoms with Crippen molar-refractivity contribution in [2.75, 3.05) is 51.8 Å². The minimum absolute atomic E-state index is 1.25. The van der Waals surface area contributed by atoms with Crippen molar-refractivity contribution in [2.45, 2.75) is 6.42 Å². The molecule has 1 heterocycles. The van der Waals surface area contributed by atoms with Gasteiger partial charge in [0.1, 0.15) is 5.75 Å². The Morgan fingerprint density at radius 2 is 1.83 bits per heavy atom. The summed E-state index contributed by atoms with van der Waals surface area (Å²) in [5.41, 5.74) is 0. The number of hydrogen-bond acceptors (Lipinski definition) is 2. The largest absolute Gasteiger partial charge is 0.304 e. The van der Waals surface area contributed by atoms with Gasteiger partial charge in [0.05, 0.1) is 6.26 Å². The first kappa shape index (κ1) is 10.4. The third-order valence-corrected chi connectivity index (χ3v) is 3.22. The van der Waals surface area contributed by atoms with E-state index in [-0.39, 0.29) is 0 Å². The molecule has 0 saturated carbocycles. The SMILES string of the molecule is C[SH+]CCCN1CCN(C)CC1. The van der Waals surface area contributed by atoms with Crippen LogP contribution in [0.1, 0.15) is 6.42 Å². The van der Waals surface area contributed by atoms with E-state index >= 15 is 0 Å². The minimum atomic E-state index is 1.25. The van der Waals surface area contributed by atoms with Gasteiger partial charge in [-0.25, -0.2) is 0 Å². The molecule has 0 N–H and O–H groups in total. The molecule has 0 radical (unpaired) electrons. The van der Waals surface area contributed by atoms with Gasteiger partial charge in [-0.15, -0.1) is 0 Å². The van der Waals surface area contributed by atoms with E-state index in [9.17, 15) is 0 Å². The predicted molar refractivity (Wildman–Crippen MR) is 58.1 cm³/mol. The molecule has 0 bridgehead atoms. The van der Waals surface area contributed by atoms with Gasteiger partial charge in [-0.2, -0.15) is 0 Å². The zero-order valence-electron chi connectivity index (χ0n) is 8.29. The molecule has 0 spiro atoms. The molecule has 0 amide bonds. The number of nitrogens with zero attached hydrogens (tertiary/aromatic N) is 2. The van der Waals surface area contributed by atoms with Crippen molar-refractivity contribution in [3.8, 4) is 0 Å². The summed E-state index contributed by atoms with van der Waals surface area (Å²) in [4.78, 5) is 5.00. The zero-order chi connectivity index (χ0) is 8.81. The fourth-order valence-corrected chi connectivity index (χ4v) is 1.98. The number of likely N-dealkylation sites (N-methyl/N-ethyl adjacent to an activating group) is 1. The third-order valence-electron chi connectivity index (χ3n) is 2.45. The lowest BCUT2D eigenvalue weighted by Crippen LogP contribution is -2.44. The van der Waals surface area contributed by atoms with Crippen molar-refractivity contribution in [3.05, 3.63) is 0 Å². The summed E-state index contributed by atoms with van der Waals surface area (Å²) in [6.45, 7) is 6.37. The van der Waals surface area contributed by atoms with E-state index in [2.05, 4.69) is 23.1 Å². The maximum atomic E-state index is 2.59. The quantitative estimate of drug-likeness (QED) is 0.351. The summed E-state index contributed by atoms with van der Waals surface area (Å²) in [7, 11) is 2.21. The van der Waals surface area contributed by atoms with Gasteiger partial charge in [-0.05, 0) is 18.8 Å². The standard InChI is InChI=1S/C9H20N2S/c1-10-5-7-11(8-6-10)4-3-9-12-2/h3-9H2,1-2H3/p+1. The molecule has 1 fully saturated rings. The monoisotopic (exact) mass is 189 g/mol. The van der Waals surface area contributed by atoms with Gasteiger partial charge in [0.2, 0.25) is 0 Å². The van der Waals surface area contributed by atoms with E-state index in [1.807, 2.05) is 0 Å². The molecule has 1 aliphatic rings. The first-order chi connectivity index (χ1) is 5.83. The second-order valence-corrected chi connectivity index (χ2v) is 4.62. The predicted octanol–water partition coefficient (Wildman–Crippen LogP) is 0.0686. The average molecular weight is 189 g/mol. The highest BCUT2D eigenvalue weighted by molar-refractivity contribution is 7.77. The van der Waals surface area contributed by atoms with E-state index in [1.54, 1.807) is 11.8 Å². The first-order valence-corrected chi connectivity index (χ1v) is 6.32. The Bertz CT molecular complexity index is 111. The maximum Gasteiger partial charge on any atom is 0.106 e. The Morgan fingerprint density at radius 1 is 1.17 bits per heavy atom. The molecular weight excluding hydrogens is 168 g/mol. The highest BCUT2D eigenvalue weighted by Crippen LogP contribution is 1.99. The molecule has 0 atom stereocenters. The zero-order valence-corrected chi connectivity index (χ0v) is 9.19. The van der Waals surface area contributed by atoms with Gasteiger partial charge in [0, 0.05) is 39.1 Å². The van der Waals surface area contributed by atoms with Crippen molar-refractivity contribution >= 4 is 11.8 Å². The topological polar surface area (TPSA) is 6.48 Å². The molecule has 0 aliphatic carbocycles. The molecule has 1 rings (SSSR count). The van der Waals surface area contributed by atoms with Gasteiger partial charge in [0.15, 0.2) is 0 Å². The van der Waals surface area contributed by atoms with Crippen LogP contribution < -0.4 is 0 Å². The lowest BCUT2D eigenvalue weighted by atomic mass is 10.3. The molecule has 12 heavy (non-hydrogen) atoms. The molecule has 0 unspecified atom stereocenters. The Hall–Kier alpha value is 0.270. The summed E-state index contributed by atoms with van der Waals surface area (Å²) >= 11 is 1.55. The van der Waals surface area contributed by atoms with Gasteiger partial charge in [0.25, 0.3) is 0 Å². The minimum Gasteiger partial charge on any atom is -0.304 e. The van der Waals surface area contributed by atoms with Crippen molar-refractivity contribution in [3.63, 3.8) is 0 Å². The van der Waals surface area contributed by atoms with Crippen LogP contribution in [0.15, 0.2) is 0 Å². The molecule has 1 aliphatic heterocycles. The molecule has 0 aromatic heterocycles. The molecule has 72 valence electrons. The summed E-state index contributed by atoms with van der Waals surface area (Å²) in [6, 6.07) is 0. The summed E-state index contributed by atoms with van der Waals surface area (Å²) in [5, 5.41) is 0. The Kier molecular flexibility index (Phi) is 5.04. The van der Waals surface area contributed by atoms with Gasteiger partial charge in [-0.3, -0.25) is 0 Å². The van der Waals surface area contributed by atoms with Crippen LogP contribution in [0.3, 0.4) is 0 Å². The van der Waals surface area contributed by atoms with Crippen LogP contribution in [0.25, 0.3) is 0 Å². The van der Waals surface area contributed by atoms with E-state index in [1.165, 1.54) is 44.9 Å². The molecule has 3 heteroatoms. The summed E-state index contributed by atoms with van der Waals surface area (Å²) in [6.07, 6.45) is 3.62. The van der Waals surface area contributed by atoms with E-state index < -0.39 is 0 Å². The van der Waals surface area contributed by atoms with Crippen molar-refractivity contribution in [2.24, 2.45) is 0 Å². The Morgan fingerprint density at radius 3 is 2.42 bits per heavy atom. The van der Waals surface area contributed by atoms with Crippen LogP contribution >= 0.6 is 0 Å². The van der Waals surface area contributed by atoms with Crippen molar-refractivity contribution in [1.29, 1.82) is 0 Å². The number of rotatable bonds is 4. The fourth-order valence-electron chi connectivity index (χ4n) is 1.52. The second-order valence-electron chi connectivity index (χ2n) is 3.54. The van der Waals surface area contributed by atoms with E-state index in [0.717, 1.165) is 0 Å². The van der Waals surface area contributed by atoms with Crippen LogP contribution in [-0.4, -0.2) is 61.6 Å². The van der Waals surface area contributed by atoms with Crippen LogP contribution in [0.5, 0.6) is 0 Å². The van der Waals surface area contributed by atoms with Gasteiger partial charge in [-0.1, -0.05) is 0 Å². The highest BCUT2D eigenvalue weighted by Gasteiger charge is 2.12. The first-order valence-electron chi connectivity index (χ1n) is 4.79. The molecule has 0 aromatic rings. The lowest BCUT2D eigenvalue weighted by molar-refractivity contribution is 0.154. The lowest BCUT2D eigenvalue weighted by Gasteiger charge is -2.31. The number of thiol groups is 1. The Labute approximate surface area is 80.3 Å². The van der Waals surface area contributed by atoms with Gasteiger partial charge < -0.3 is 9.80 Å². The highest BCUT2D eigenvalue weighted by atomic mass is 32.2. The van der Waals surface area contributed by atoms with E-state index in [0.29, 0.717) is 0 Å². The van der Waals surface area contributed by atoms with Crippen LogP contribution in [0.4, 0.5) is 0 Å². The maximum absolute atomic E-state index is 2.59. The van der Waals surface area contributed by atoms with Gasteiger partial charge >= 0.3 is 0 Å². The molecule has 2 nitrogen and oxygen atoms in total. The van der Waals surface area contributed by atoms with Crippen molar-refractivity contribution in [1.82, 2.24) is 9.80 Å². The van der Waals surface area contributed by atoms with E-state index in [4.69, 9.17) is 0 Å².